The zero-order valence-electron chi connectivity index (χ0n) is 17.2. The van der Waals surface area contributed by atoms with Crippen LogP contribution in [-0.4, -0.2) is 37.2 Å². The lowest BCUT2D eigenvalue weighted by atomic mass is 9.97. The van der Waals surface area contributed by atoms with E-state index in [1.807, 2.05) is 24.3 Å². The predicted octanol–water partition coefficient (Wildman–Crippen LogP) is 5.24. The molecule has 1 saturated heterocycles. The van der Waals surface area contributed by atoms with Gasteiger partial charge in [-0.3, -0.25) is 4.90 Å². The molecule has 162 valence electrons. The minimum absolute atomic E-state index is 0.328. The first-order chi connectivity index (χ1) is 14.5. The van der Waals surface area contributed by atoms with E-state index in [1.165, 1.54) is 18.9 Å². The summed E-state index contributed by atoms with van der Waals surface area (Å²) in [6, 6.07) is 12.4. The number of hydrogen-bond acceptors (Lipinski definition) is 3. The summed E-state index contributed by atoms with van der Waals surface area (Å²) in [5, 5.41) is 3.23. The van der Waals surface area contributed by atoms with Gasteiger partial charge in [-0.15, -0.1) is 0 Å². The molecule has 30 heavy (non-hydrogen) atoms. The number of benzene rings is 2. The van der Waals surface area contributed by atoms with Gasteiger partial charge in [-0.1, -0.05) is 49.2 Å². The van der Waals surface area contributed by atoms with Crippen molar-refractivity contribution in [3.05, 3.63) is 59.2 Å². The fourth-order valence-electron chi connectivity index (χ4n) is 4.33. The second-order valence-electron chi connectivity index (χ2n) is 8.31. The van der Waals surface area contributed by atoms with E-state index in [4.69, 9.17) is 4.74 Å². The summed E-state index contributed by atoms with van der Waals surface area (Å²) in [7, 11) is 0. The first kappa shape index (κ1) is 21.3. The van der Waals surface area contributed by atoms with Gasteiger partial charge in [0, 0.05) is 32.7 Å². The summed E-state index contributed by atoms with van der Waals surface area (Å²) in [5.41, 5.74) is 2.24. The summed E-state index contributed by atoms with van der Waals surface area (Å²) >= 11 is 0. The molecule has 2 aromatic carbocycles. The molecule has 2 fully saturated rings. The molecule has 2 aliphatic rings. The largest absolute Gasteiger partial charge is 0.416 e. The molecule has 6 heteroatoms. The number of halogens is 3. The van der Waals surface area contributed by atoms with Crippen LogP contribution in [0.15, 0.2) is 42.5 Å². The average Bonchev–Trinajstić information content (AvgIpc) is 3.27. The number of piperazine rings is 1. The molecule has 1 aliphatic carbocycles. The van der Waals surface area contributed by atoms with Crippen molar-refractivity contribution in [3.63, 3.8) is 0 Å². The van der Waals surface area contributed by atoms with E-state index in [-0.39, 0.29) is 0 Å². The highest BCUT2D eigenvalue weighted by Crippen LogP contribution is 2.36. The quantitative estimate of drug-likeness (QED) is 0.695. The van der Waals surface area contributed by atoms with Crippen LogP contribution < -0.4 is 5.32 Å². The second kappa shape index (κ2) is 9.50. The van der Waals surface area contributed by atoms with Crippen LogP contribution in [0.25, 0.3) is 11.1 Å². The number of nitrogens with zero attached hydrogens (tertiary/aromatic N) is 1. The molecule has 2 aromatic rings. The van der Waals surface area contributed by atoms with Crippen molar-refractivity contribution in [3.8, 4) is 11.1 Å². The molecule has 1 aliphatic heterocycles. The molecule has 1 heterocycles. The Labute approximate surface area is 176 Å². The average molecular weight is 419 g/mol. The van der Waals surface area contributed by atoms with Gasteiger partial charge in [0.25, 0.3) is 0 Å². The number of rotatable bonds is 6. The minimum atomic E-state index is -4.37. The van der Waals surface area contributed by atoms with Crippen LogP contribution in [0.5, 0.6) is 0 Å². The molecule has 0 amide bonds. The van der Waals surface area contributed by atoms with Crippen molar-refractivity contribution in [2.24, 2.45) is 0 Å². The molecule has 0 atom stereocenters. The van der Waals surface area contributed by atoms with Crippen LogP contribution in [0.3, 0.4) is 0 Å². The summed E-state index contributed by atoms with van der Waals surface area (Å²) in [6.07, 6.45) is 0.694. The lowest BCUT2D eigenvalue weighted by molar-refractivity contribution is -0.138. The number of hydrogen-bond donors (Lipinski definition) is 1. The summed E-state index contributed by atoms with van der Waals surface area (Å²) in [4.78, 5) is 2.07. The van der Waals surface area contributed by atoms with Gasteiger partial charge in [0.05, 0.1) is 18.3 Å². The molecule has 1 N–H and O–H groups in total. The normalized spacial score (nSPS) is 18.8. The van der Waals surface area contributed by atoms with Crippen LogP contribution in [-0.2, 0) is 24.1 Å². The molecule has 0 spiro atoms. The molecule has 1 saturated carbocycles. The highest BCUT2D eigenvalue weighted by molar-refractivity contribution is 5.65. The molecular weight excluding hydrogens is 389 g/mol. The zero-order chi connectivity index (χ0) is 21.0. The Morgan fingerprint density at radius 2 is 1.60 bits per heavy atom. The summed E-state index contributed by atoms with van der Waals surface area (Å²) in [5.74, 6) is 0. The van der Waals surface area contributed by atoms with Gasteiger partial charge in [-0.2, -0.15) is 13.2 Å². The zero-order valence-corrected chi connectivity index (χ0v) is 17.2. The van der Waals surface area contributed by atoms with Gasteiger partial charge in [0.2, 0.25) is 0 Å². The highest BCUT2D eigenvalue weighted by atomic mass is 19.4. The Balaban J connectivity index is 1.48. The molecule has 0 bridgehead atoms. The lowest BCUT2D eigenvalue weighted by Gasteiger charge is -2.28. The van der Waals surface area contributed by atoms with Crippen molar-refractivity contribution in [1.82, 2.24) is 10.2 Å². The molecule has 0 radical (unpaired) electrons. The second-order valence-corrected chi connectivity index (χ2v) is 8.31. The van der Waals surface area contributed by atoms with E-state index in [0.29, 0.717) is 30.4 Å². The van der Waals surface area contributed by atoms with Crippen molar-refractivity contribution < 1.29 is 17.9 Å². The third-order valence-electron chi connectivity index (χ3n) is 6.09. The number of alkyl halides is 3. The highest BCUT2D eigenvalue weighted by Gasteiger charge is 2.34. The maximum absolute atomic E-state index is 13.8. The fraction of sp³-hybridized carbons (Fsp3) is 0.500. The maximum atomic E-state index is 13.8. The third-order valence-corrected chi connectivity index (χ3v) is 6.09. The number of ether oxygens (including phenoxy) is 1. The molecule has 3 nitrogen and oxygen atoms in total. The van der Waals surface area contributed by atoms with Gasteiger partial charge in [0.1, 0.15) is 0 Å². The molecule has 4 rings (SSSR count). The van der Waals surface area contributed by atoms with Crippen LogP contribution in [0.1, 0.15) is 42.4 Å². The van der Waals surface area contributed by atoms with Gasteiger partial charge >= 0.3 is 6.18 Å². The SMILES string of the molecule is FC(F)(F)c1cc(-c2ccc(COC3CCCC3)cc2)ccc1CN1CCNCC1. The summed E-state index contributed by atoms with van der Waals surface area (Å²) in [6.45, 7) is 4.05. The first-order valence-corrected chi connectivity index (χ1v) is 10.8. The Hall–Kier alpha value is -1.89. The maximum Gasteiger partial charge on any atom is 0.416 e. The monoisotopic (exact) mass is 418 g/mol. The molecule has 0 aromatic heterocycles. The van der Waals surface area contributed by atoms with Gasteiger partial charge in [0.15, 0.2) is 0 Å². The Morgan fingerprint density at radius 1 is 0.933 bits per heavy atom. The Morgan fingerprint density at radius 3 is 2.27 bits per heavy atom. The van der Waals surface area contributed by atoms with Crippen molar-refractivity contribution in [2.75, 3.05) is 26.2 Å². The fourth-order valence-corrected chi connectivity index (χ4v) is 4.33. The van der Waals surface area contributed by atoms with E-state index in [0.717, 1.165) is 50.1 Å². The van der Waals surface area contributed by atoms with Crippen LogP contribution >= 0.6 is 0 Å². The van der Waals surface area contributed by atoms with Crippen molar-refractivity contribution >= 4 is 0 Å². The van der Waals surface area contributed by atoms with Gasteiger partial charge in [-0.25, -0.2) is 0 Å². The molecular formula is C24H29F3N2O. The van der Waals surface area contributed by atoms with Crippen LogP contribution in [0.2, 0.25) is 0 Å². The molecule has 0 unspecified atom stereocenters. The summed E-state index contributed by atoms with van der Waals surface area (Å²) < 4.78 is 47.2. The van der Waals surface area contributed by atoms with E-state index < -0.39 is 11.7 Å². The first-order valence-electron chi connectivity index (χ1n) is 10.8. The predicted molar refractivity (Wildman–Crippen MR) is 112 cm³/mol. The van der Waals surface area contributed by atoms with Crippen molar-refractivity contribution in [2.45, 2.75) is 51.1 Å². The standard InChI is InChI=1S/C24H29F3N2O/c25-24(26,27)23-15-20(9-10-21(23)16-29-13-11-28-12-14-29)19-7-5-18(6-8-19)17-30-22-3-1-2-4-22/h5-10,15,22,28H,1-4,11-14,16-17H2. The van der Waals surface area contributed by atoms with Gasteiger partial charge < -0.3 is 10.1 Å². The van der Waals surface area contributed by atoms with Crippen LogP contribution in [0.4, 0.5) is 13.2 Å². The lowest BCUT2D eigenvalue weighted by Crippen LogP contribution is -2.43. The smallest absolute Gasteiger partial charge is 0.374 e. The van der Waals surface area contributed by atoms with Crippen molar-refractivity contribution in [1.29, 1.82) is 0 Å². The van der Waals surface area contributed by atoms with E-state index in [9.17, 15) is 13.2 Å². The van der Waals surface area contributed by atoms with E-state index >= 15 is 0 Å². The number of nitrogens with one attached hydrogen (secondary N) is 1. The third kappa shape index (κ3) is 5.42. The van der Waals surface area contributed by atoms with Crippen LogP contribution in [0, 0.1) is 0 Å². The van der Waals surface area contributed by atoms with E-state index in [2.05, 4.69) is 10.2 Å². The van der Waals surface area contributed by atoms with E-state index in [1.54, 1.807) is 12.1 Å². The topological polar surface area (TPSA) is 24.5 Å². The minimum Gasteiger partial charge on any atom is -0.374 e. The Bertz CT molecular complexity index is 823. The Kier molecular flexibility index (Phi) is 6.76. The van der Waals surface area contributed by atoms with Gasteiger partial charge in [-0.05, 0) is 41.2 Å².